The van der Waals surface area contributed by atoms with E-state index in [1.807, 2.05) is 24.3 Å². The quantitative estimate of drug-likeness (QED) is 0.747. The normalized spacial score (nSPS) is 10.8. The number of hydrogen-bond acceptors (Lipinski definition) is 4. The summed E-state index contributed by atoms with van der Waals surface area (Å²) in [6.07, 6.45) is 0. The fraction of sp³-hybridized carbons (Fsp3) is 0.133. The fourth-order valence-corrected chi connectivity index (χ4v) is 2.36. The molecule has 0 fully saturated rings. The van der Waals surface area contributed by atoms with Gasteiger partial charge < -0.3 is 4.74 Å². The first-order chi connectivity index (χ1) is 10.6. The van der Waals surface area contributed by atoms with Gasteiger partial charge in [-0.1, -0.05) is 23.7 Å². The number of aromatic nitrogens is 3. The highest BCUT2D eigenvalue weighted by atomic mass is 35.5. The van der Waals surface area contributed by atoms with Crippen molar-refractivity contribution in [2.24, 2.45) is 0 Å². The fourth-order valence-electron chi connectivity index (χ4n) is 2.22. The van der Waals surface area contributed by atoms with Crippen LogP contribution in [0.3, 0.4) is 0 Å². The molecular formula is C15H12ClN3O3. The number of halogens is 1. The molecule has 7 heteroatoms. The number of fused-ring (bicyclic) bond motifs is 1. The van der Waals surface area contributed by atoms with Crippen LogP contribution in [-0.4, -0.2) is 21.6 Å². The molecule has 0 radical (unpaired) electrons. The maximum Gasteiger partial charge on any atom is 0.329 e. The Kier molecular flexibility index (Phi) is 3.68. The van der Waals surface area contributed by atoms with Crippen LogP contribution in [0.2, 0.25) is 5.15 Å². The Balaban J connectivity index is 2.13. The zero-order chi connectivity index (χ0) is 15.7. The summed E-state index contributed by atoms with van der Waals surface area (Å²) in [6, 6.07) is 10.5. The maximum absolute atomic E-state index is 12.1. The highest BCUT2D eigenvalue weighted by Gasteiger charge is 2.09. The lowest BCUT2D eigenvalue weighted by atomic mass is 10.2. The van der Waals surface area contributed by atoms with E-state index < -0.39 is 11.2 Å². The van der Waals surface area contributed by atoms with Gasteiger partial charge in [0.15, 0.2) is 5.52 Å². The molecular weight excluding hydrogens is 306 g/mol. The van der Waals surface area contributed by atoms with Crippen LogP contribution in [0.5, 0.6) is 5.75 Å². The maximum atomic E-state index is 12.1. The first-order valence-corrected chi connectivity index (χ1v) is 6.88. The van der Waals surface area contributed by atoms with Gasteiger partial charge in [-0.15, -0.1) is 0 Å². The molecule has 0 unspecified atom stereocenters. The van der Waals surface area contributed by atoms with Crippen molar-refractivity contribution in [3.8, 4) is 5.75 Å². The van der Waals surface area contributed by atoms with Gasteiger partial charge in [0.1, 0.15) is 10.9 Å². The van der Waals surface area contributed by atoms with Gasteiger partial charge in [-0.2, -0.15) is 0 Å². The van der Waals surface area contributed by atoms with Crippen LogP contribution in [-0.2, 0) is 6.54 Å². The van der Waals surface area contributed by atoms with Crippen molar-refractivity contribution in [3.05, 3.63) is 68.0 Å². The lowest BCUT2D eigenvalue weighted by molar-refractivity contribution is 0.414. The first-order valence-electron chi connectivity index (χ1n) is 6.51. The molecule has 1 aromatic carbocycles. The predicted octanol–water partition coefficient (Wildman–Crippen LogP) is 1.80. The number of hydrogen-bond donors (Lipinski definition) is 1. The number of aromatic amines is 1. The van der Waals surface area contributed by atoms with Gasteiger partial charge in [0, 0.05) is 0 Å². The predicted molar refractivity (Wildman–Crippen MR) is 83.7 cm³/mol. The summed E-state index contributed by atoms with van der Waals surface area (Å²) in [5, 5.41) is 0.202. The third kappa shape index (κ3) is 2.60. The molecule has 0 saturated carbocycles. The summed E-state index contributed by atoms with van der Waals surface area (Å²) in [7, 11) is 1.59. The van der Waals surface area contributed by atoms with E-state index in [-0.39, 0.29) is 10.7 Å². The number of nitrogens with one attached hydrogen (secondary N) is 1. The molecule has 0 saturated heterocycles. The van der Waals surface area contributed by atoms with Crippen molar-refractivity contribution in [1.82, 2.24) is 14.5 Å². The number of ether oxygens (including phenoxy) is 1. The molecule has 3 rings (SSSR count). The molecule has 0 aliphatic rings. The summed E-state index contributed by atoms with van der Waals surface area (Å²) in [5.74, 6) is 0.732. The second-order valence-corrected chi connectivity index (χ2v) is 5.08. The largest absolute Gasteiger partial charge is 0.497 e. The minimum Gasteiger partial charge on any atom is -0.497 e. The van der Waals surface area contributed by atoms with E-state index in [4.69, 9.17) is 16.3 Å². The van der Waals surface area contributed by atoms with Gasteiger partial charge in [0.25, 0.3) is 5.56 Å². The molecule has 0 aliphatic carbocycles. The van der Waals surface area contributed by atoms with Crippen LogP contribution in [0, 0.1) is 0 Å². The van der Waals surface area contributed by atoms with Crippen LogP contribution in [0.15, 0.2) is 46.0 Å². The Bertz CT molecular complexity index is 945. The average Bonchev–Trinajstić information content (AvgIpc) is 2.52. The van der Waals surface area contributed by atoms with Crippen LogP contribution in [0.25, 0.3) is 11.0 Å². The third-order valence-electron chi connectivity index (χ3n) is 3.31. The second kappa shape index (κ2) is 5.65. The number of benzene rings is 1. The lowest BCUT2D eigenvalue weighted by Gasteiger charge is -2.09. The van der Waals surface area contributed by atoms with Crippen molar-refractivity contribution in [1.29, 1.82) is 0 Å². The molecule has 3 aromatic rings. The smallest absolute Gasteiger partial charge is 0.329 e. The summed E-state index contributed by atoms with van der Waals surface area (Å²) < 4.78 is 6.55. The molecule has 0 amide bonds. The monoisotopic (exact) mass is 317 g/mol. The Morgan fingerprint density at radius 1 is 1.18 bits per heavy atom. The zero-order valence-corrected chi connectivity index (χ0v) is 12.4. The Hall–Kier alpha value is -2.60. The highest BCUT2D eigenvalue weighted by Crippen LogP contribution is 2.14. The van der Waals surface area contributed by atoms with Crippen LogP contribution < -0.4 is 16.0 Å². The van der Waals surface area contributed by atoms with E-state index in [2.05, 4.69) is 9.97 Å². The number of pyridine rings is 1. The molecule has 0 spiro atoms. The van der Waals surface area contributed by atoms with E-state index in [9.17, 15) is 9.59 Å². The number of nitrogens with zero attached hydrogens (tertiary/aromatic N) is 2. The summed E-state index contributed by atoms with van der Waals surface area (Å²) in [5.41, 5.74) is 0.437. The van der Waals surface area contributed by atoms with Crippen molar-refractivity contribution in [2.75, 3.05) is 7.11 Å². The Morgan fingerprint density at radius 2 is 1.91 bits per heavy atom. The van der Waals surface area contributed by atoms with Crippen molar-refractivity contribution in [3.63, 3.8) is 0 Å². The van der Waals surface area contributed by atoms with E-state index in [0.717, 1.165) is 11.3 Å². The number of rotatable bonds is 3. The molecule has 0 bridgehead atoms. The topological polar surface area (TPSA) is 77.0 Å². The lowest BCUT2D eigenvalue weighted by Crippen LogP contribution is -2.31. The molecule has 2 aromatic heterocycles. The highest BCUT2D eigenvalue weighted by molar-refractivity contribution is 6.29. The molecule has 0 atom stereocenters. The van der Waals surface area contributed by atoms with Crippen LogP contribution in [0.4, 0.5) is 0 Å². The summed E-state index contributed by atoms with van der Waals surface area (Å²) >= 11 is 5.81. The average molecular weight is 318 g/mol. The van der Waals surface area contributed by atoms with Gasteiger partial charge in [0.2, 0.25) is 0 Å². The van der Waals surface area contributed by atoms with E-state index in [1.54, 1.807) is 19.2 Å². The number of H-pyrrole nitrogens is 1. The zero-order valence-electron chi connectivity index (χ0n) is 11.7. The molecule has 22 heavy (non-hydrogen) atoms. The third-order valence-corrected chi connectivity index (χ3v) is 3.52. The first kappa shape index (κ1) is 14.3. The van der Waals surface area contributed by atoms with Crippen LogP contribution >= 0.6 is 11.6 Å². The van der Waals surface area contributed by atoms with Crippen molar-refractivity contribution in [2.45, 2.75) is 6.54 Å². The molecule has 112 valence electrons. The van der Waals surface area contributed by atoms with Crippen LogP contribution in [0.1, 0.15) is 5.56 Å². The minimum absolute atomic E-state index is 0.139. The summed E-state index contributed by atoms with van der Waals surface area (Å²) in [4.78, 5) is 30.2. The Morgan fingerprint density at radius 3 is 2.59 bits per heavy atom. The minimum atomic E-state index is -0.548. The van der Waals surface area contributed by atoms with Crippen molar-refractivity contribution >= 4 is 22.6 Å². The van der Waals surface area contributed by atoms with E-state index in [0.29, 0.717) is 12.1 Å². The number of methoxy groups -OCH3 is 1. The van der Waals surface area contributed by atoms with Crippen molar-refractivity contribution < 1.29 is 4.74 Å². The second-order valence-electron chi connectivity index (χ2n) is 4.70. The molecule has 0 aliphatic heterocycles. The van der Waals surface area contributed by atoms with Gasteiger partial charge in [-0.25, -0.2) is 9.78 Å². The molecule has 2 heterocycles. The van der Waals surface area contributed by atoms with Gasteiger partial charge in [-0.05, 0) is 29.8 Å². The van der Waals surface area contributed by atoms with E-state index >= 15 is 0 Å². The standard InChI is InChI=1S/C15H12ClN3O3/c1-22-10-4-2-9(3-5-10)8-19-11-6-7-12(16)17-13(11)14(20)18-15(19)21/h2-7H,8H2,1H3,(H,18,20,21). The SMILES string of the molecule is COc1ccc(Cn2c(=O)[nH]c(=O)c3nc(Cl)ccc32)cc1. The van der Waals surface area contributed by atoms with Gasteiger partial charge in [-0.3, -0.25) is 14.3 Å². The Labute approximate surface area is 130 Å². The van der Waals surface area contributed by atoms with E-state index in [1.165, 1.54) is 4.57 Å². The van der Waals surface area contributed by atoms with Gasteiger partial charge >= 0.3 is 5.69 Å². The van der Waals surface area contributed by atoms with Gasteiger partial charge in [0.05, 0.1) is 19.2 Å². The molecule has 6 nitrogen and oxygen atoms in total. The summed E-state index contributed by atoms with van der Waals surface area (Å²) in [6.45, 7) is 0.305. The molecule has 1 N–H and O–H groups in total.